The van der Waals surface area contributed by atoms with Gasteiger partial charge in [-0.2, -0.15) is 0 Å². The van der Waals surface area contributed by atoms with E-state index in [0.717, 1.165) is 27.2 Å². The zero-order chi connectivity index (χ0) is 29.0. The SMILES string of the molecule is CC(C)(C)OC(=O)NC(C(=O)OCc1ccc2c3cccc4cccc(c5cccc1c52)c43)c1c[nH]c2ccccc12. The summed E-state index contributed by atoms with van der Waals surface area (Å²) in [5, 5.41) is 13.0. The van der Waals surface area contributed by atoms with Crippen molar-refractivity contribution in [3.8, 4) is 0 Å². The van der Waals surface area contributed by atoms with Gasteiger partial charge >= 0.3 is 12.1 Å². The lowest BCUT2D eigenvalue weighted by molar-refractivity contribution is -0.147. The van der Waals surface area contributed by atoms with Gasteiger partial charge in [0.05, 0.1) is 0 Å². The molecule has 208 valence electrons. The number of carbonyl (C=O) groups excluding carboxylic acids is 2. The predicted molar refractivity (Wildman–Crippen MR) is 168 cm³/mol. The Hall–Kier alpha value is -5.10. The first-order valence-corrected chi connectivity index (χ1v) is 14.1. The molecule has 6 heteroatoms. The summed E-state index contributed by atoms with van der Waals surface area (Å²) in [5.74, 6) is -0.568. The van der Waals surface area contributed by atoms with E-state index in [1.165, 1.54) is 32.3 Å². The van der Waals surface area contributed by atoms with Crippen molar-refractivity contribution in [2.24, 2.45) is 0 Å². The van der Waals surface area contributed by atoms with Gasteiger partial charge in [0.25, 0.3) is 0 Å². The highest BCUT2D eigenvalue weighted by molar-refractivity contribution is 6.33. The molecule has 1 atom stereocenters. The number of H-pyrrole nitrogens is 1. The number of esters is 1. The number of ether oxygens (including phenoxy) is 2. The first-order chi connectivity index (χ1) is 20.3. The van der Waals surface area contributed by atoms with Crippen LogP contribution in [0.1, 0.15) is 37.9 Å². The topological polar surface area (TPSA) is 80.4 Å². The number of nitrogens with one attached hydrogen (secondary N) is 2. The van der Waals surface area contributed by atoms with Gasteiger partial charge in [0.2, 0.25) is 0 Å². The van der Waals surface area contributed by atoms with Crippen LogP contribution < -0.4 is 5.32 Å². The smallest absolute Gasteiger partial charge is 0.408 e. The molecule has 42 heavy (non-hydrogen) atoms. The van der Waals surface area contributed by atoms with E-state index in [4.69, 9.17) is 9.47 Å². The minimum Gasteiger partial charge on any atom is -0.459 e. The Morgan fingerprint density at radius 1 is 0.738 bits per heavy atom. The molecule has 0 saturated carbocycles. The molecule has 1 aromatic heterocycles. The molecule has 7 rings (SSSR count). The van der Waals surface area contributed by atoms with Crippen LogP contribution in [0.4, 0.5) is 4.79 Å². The predicted octanol–water partition coefficient (Wildman–Crippen LogP) is 8.53. The van der Waals surface area contributed by atoms with Gasteiger partial charge in [0, 0.05) is 22.7 Å². The first kappa shape index (κ1) is 25.8. The van der Waals surface area contributed by atoms with Crippen molar-refractivity contribution in [2.45, 2.75) is 39.0 Å². The van der Waals surface area contributed by atoms with E-state index in [2.05, 4.69) is 71.0 Å². The summed E-state index contributed by atoms with van der Waals surface area (Å²) in [6.45, 7) is 5.40. The molecule has 0 saturated heterocycles. The molecule has 0 fully saturated rings. The number of aromatic amines is 1. The molecule has 6 nitrogen and oxygen atoms in total. The number of rotatable bonds is 5. The van der Waals surface area contributed by atoms with E-state index in [9.17, 15) is 9.59 Å². The van der Waals surface area contributed by atoms with Gasteiger partial charge in [-0.25, -0.2) is 9.59 Å². The van der Waals surface area contributed by atoms with E-state index in [0.29, 0.717) is 5.56 Å². The van der Waals surface area contributed by atoms with Crippen molar-refractivity contribution in [1.29, 1.82) is 0 Å². The molecule has 0 spiro atoms. The molecule has 6 aromatic carbocycles. The Balaban J connectivity index is 1.26. The molecule has 0 aliphatic rings. The number of carbonyl (C=O) groups is 2. The summed E-state index contributed by atoms with van der Waals surface area (Å²) in [6, 6.07) is 29.8. The zero-order valence-electron chi connectivity index (χ0n) is 23.7. The van der Waals surface area contributed by atoms with Gasteiger partial charge in [0.15, 0.2) is 6.04 Å². The summed E-state index contributed by atoms with van der Waals surface area (Å²) >= 11 is 0. The third kappa shape index (κ3) is 4.36. The van der Waals surface area contributed by atoms with E-state index < -0.39 is 23.7 Å². The standard InChI is InChI=1S/C36H30N2O4/c1-36(2,3)42-35(40)38-33(29-19-37-30-16-5-4-11-24(29)30)34(39)41-20-22-17-18-28-26-14-7-10-21-9-6-13-25(31(21)26)27-15-8-12-23(22)32(27)28/h4-19,33,37H,20H2,1-3H3,(H,38,40). The molecule has 0 aliphatic carbocycles. The molecule has 0 radical (unpaired) electrons. The van der Waals surface area contributed by atoms with Crippen molar-refractivity contribution in [2.75, 3.05) is 0 Å². The second kappa shape index (κ2) is 9.77. The lowest BCUT2D eigenvalue weighted by Crippen LogP contribution is -2.38. The lowest BCUT2D eigenvalue weighted by atomic mass is 9.88. The van der Waals surface area contributed by atoms with Crippen molar-refractivity contribution in [3.05, 3.63) is 108 Å². The summed E-state index contributed by atoms with van der Waals surface area (Å²) in [6.07, 6.45) is 1.04. The molecule has 7 aromatic rings. The Morgan fingerprint density at radius 2 is 1.36 bits per heavy atom. The molecule has 1 unspecified atom stereocenters. The maximum Gasteiger partial charge on any atom is 0.408 e. The molecule has 0 aliphatic heterocycles. The minimum atomic E-state index is -1.06. The maximum atomic E-state index is 13.7. The summed E-state index contributed by atoms with van der Waals surface area (Å²) in [5.41, 5.74) is 1.65. The molecule has 1 heterocycles. The van der Waals surface area contributed by atoms with Crippen LogP contribution in [0, 0.1) is 0 Å². The second-order valence-corrected chi connectivity index (χ2v) is 11.7. The van der Waals surface area contributed by atoms with Crippen LogP contribution in [0.25, 0.3) is 54.0 Å². The van der Waals surface area contributed by atoms with Gasteiger partial charge in [0.1, 0.15) is 12.2 Å². The highest BCUT2D eigenvalue weighted by Crippen LogP contribution is 2.41. The third-order valence-electron chi connectivity index (χ3n) is 7.81. The number of aromatic nitrogens is 1. The van der Waals surface area contributed by atoms with Crippen LogP contribution >= 0.6 is 0 Å². The number of fused-ring (bicyclic) bond motifs is 3. The summed E-state index contributed by atoms with van der Waals surface area (Å²) in [4.78, 5) is 29.7. The number of benzene rings is 6. The van der Waals surface area contributed by atoms with E-state index in [1.54, 1.807) is 27.0 Å². The lowest BCUT2D eigenvalue weighted by Gasteiger charge is -2.23. The van der Waals surface area contributed by atoms with Gasteiger partial charge in [-0.1, -0.05) is 84.9 Å². The summed E-state index contributed by atoms with van der Waals surface area (Å²) < 4.78 is 11.4. The Kier molecular flexibility index (Phi) is 6.01. The maximum absolute atomic E-state index is 13.7. The van der Waals surface area contributed by atoms with Crippen molar-refractivity contribution in [1.82, 2.24) is 10.3 Å². The number of para-hydroxylation sites is 1. The number of hydrogen-bond donors (Lipinski definition) is 2. The Morgan fingerprint density at radius 3 is 2.10 bits per heavy atom. The molecule has 2 N–H and O–H groups in total. The van der Waals surface area contributed by atoms with Crippen LogP contribution in [-0.2, 0) is 20.9 Å². The number of alkyl carbamates (subject to hydrolysis) is 1. The first-order valence-electron chi connectivity index (χ1n) is 14.1. The van der Waals surface area contributed by atoms with Gasteiger partial charge < -0.3 is 19.8 Å². The number of hydrogen-bond acceptors (Lipinski definition) is 4. The second-order valence-electron chi connectivity index (χ2n) is 11.7. The fourth-order valence-corrected chi connectivity index (χ4v) is 6.09. The van der Waals surface area contributed by atoms with E-state index >= 15 is 0 Å². The fraction of sp³-hybridized carbons (Fsp3) is 0.167. The van der Waals surface area contributed by atoms with E-state index in [-0.39, 0.29) is 6.61 Å². The quantitative estimate of drug-likeness (QED) is 0.127. The molecular weight excluding hydrogens is 524 g/mol. The van der Waals surface area contributed by atoms with Crippen molar-refractivity contribution in [3.63, 3.8) is 0 Å². The Bertz CT molecular complexity index is 2090. The normalized spacial score (nSPS) is 12.8. The van der Waals surface area contributed by atoms with Crippen molar-refractivity contribution >= 4 is 66.1 Å². The third-order valence-corrected chi connectivity index (χ3v) is 7.81. The molecular formula is C36H30N2O4. The largest absolute Gasteiger partial charge is 0.459 e. The highest BCUT2D eigenvalue weighted by atomic mass is 16.6. The van der Waals surface area contributed by atoms with E-state index in [1.807, 2.05) is 30.3 Å². The minimum absolute atomic E-state index is 0.0553. The van der Waals surface area contributed by atoms with Crippen LogP contribution in [0.2, 0.25) is 0 Å². The van der Waals surface area contributed by atoms with Crippen LogP contribution in [0.5, 0.6) is 0 Å². The highest BCUT2D eigenvalue weighted by Gasteiger charge is 2.29. The van der Waals surface area contributed by atoms with Crippen LogP contribution in [-0.4, -0.2) is 22.6 Å². The van der Waals surface area contributed by atoms with Crippen LogP contribution in [0.3, 0.4) is 0 Å². The fourth-order valence-electron chi connectivity index (χ4n) is 6.09. The van der Waals surface area contributed by atoms with Crippen LogP contribution in [0.15, 0.2) is 97.2 Å². The average Bonchev–Trinajstić information content (AvgIpc) is 3.40. The zero-order valence-corrected chi connectivity index (χ0v) is 23.7. The summed E-state index contributed by atoms with van der Waals surface area (Å²) in [7, 11) is 0. The van der Waals surface area contributed by atoms with Crippen molar-refractivity contribution < 1.29 is 19.1 Å². The average molecular weight is 555 g/mol. The van der Waals surface area contributed by atoms with Gasteiger partial charge in [-0.05, 0) is 75.5 Å². The monoisotopic (exact) mass is 554 g/mol. The van der Waals surface area contributed by atoms with Gasteiger partial charge in [-0.3, -0.25) is 0 Å². The Labute approximate surface area is 242 Å². The number of amides is 1. The van der Waals surface area contributed by atoms with Gasteiger partial charge in [-0.15, -0.1) is 0 Å². The molecule has 1 amide bonds. The molecule has 0 bridgehead atoms.